The fraction of sp³-hybridized carbons (Fsp3) is 0.250. The van der Waals surface area contributed by atoms with Gasteiger partial charge in [-0.25, -0.2) is 0 Å². The van der Waals surface area contributed by atoms with E-state index in [-0.39, 0.29) is 18.0 Å². The molecule has 1 aliphatic heterocycles. The second-order valence-electron chi connectivity index (χ2n) is 5.00. The van der Waals surface area contributed by atoms with Gasteiger partial charge in [-0.1, -0.05) is 18.2 Å². The van der Waals surface area contributed by atoms with Gasteiger partial charge in [0.1, 0.15) is 12.0 Å². The number of ether oxygens (including phenoxy) is 2. The average Bonchev–Trinajstić information content (AvgIpc) is 3.04. The maximum Gasteiger partial charge on any atom is 0.269 e. The minimum absolute atomic E-state index is 0.0796. The number of nitrogens with one attached hydrogen (secondary N) is 1. The normalized spacial score (nSPS) is 20.8. The van der Waals surface area contributed by atoms with Crippen molar-refractivity contribution in [1.82, 2.24) is 5.32 Å². The van der Waals surface area contributed by atoms with Crippen LogP contribution < -0.4 is 10.1 Å². The lowest BCUT2D eigenvalue weighted by Crippen LogP contribution is -2.14. The van der Waals surface area contributed by atoms with Gasteiger partial charge in [-0.05, 0) is 23.8 Å². The molecule has 0 aromatic heterocycles. The molecule has 114 valence electrons. The molecule has 22 heavy (non-hydrogen) atoms. The molecule has 1 saturated heterocycles. The van der Waals surface area contributed by atoms with Crippen molar-refractivity contribution in [2.24, 2.45) is 0 Å². The van der Waals surface area contributed by atoms with Crippen LogP contribution in [0.5, 0.6) is 5.75 Å². The topological polar surface area (TPSA) is 73.6 Å². The molecule has 2 aromatic rings. The Morgan fingerprint density at radius 2 is 1.95 bits per heavy atom. The van der Waals surface area contributed by atoms with Gasteiger partial charge in [0.25, 0.3) is 5.69 Å². The van der Waals surface area contributed by atoms with Crippen molar-refractivity contribution in [3.63, 3.8) is 0 Å². The summed E-state index contributed by atoms with van der Waals surface area (Å²) >= 11 is 0. The highest BCUT2D eigenvalue weighted by atomic mass is 16.6. The van der Waals surface area contributed by atoms with Gasteiger partial charge in [0.05, 0.1) is 18.1 Å². The summed E-state index contributed by atoms with van der Waals surface area (Å²) in [5, 5.41) is 14.0. The van der Waals surface area contributed by atoms with Crippen molar-refractivity contribution in [3.05, 3.63) is 69.8 Å². The molecular weight excluding hydrogens is 284 g/mol. The lowest BCUT2D eigenvalue weighted by molar-refractivity contribution is -0.384. The Morgan fingerprint density at radius 3 is 2.64 bits per heavy atom. The molecule has 0 saturated carbocycles. The van der Waals surface area contributed by atoms with Crippen molar-refractivity contribution < 1.29 is 14.4 Å². The summed E-state index contributed by atoms with van der Waals surface area (Å²) < 4.78 is 11.4. The second-order valence-corrected chi connectivity index (χ2v) is 5.00. The van der Waals surface area contributed by atoms with E-state index in [2.05, 4.69) is 5.32 Å². The molecule has 0 unspecified atom stereocenters. The van der Waals surface area contributed by atoms with Crippen LogP contribution in [-0.2, 0) is 4.74 Å². The fourth-order valence-electron chi connectivity index (χ4n) is 2.55. The lowest BCUT2D eigenvalue weighted by atomic mass is 10.1. The number of non-ortho nitro benzene ring substituents is 1. The van der Waals surface area contributed by atoms with Gasteiger partial charge in [-0.15, -0.1) is 0 Å². The van der Waals surface area contributed by atoms with Gasteiger partial charge in [-0.2, -0.15) is 0 Å². The molecule has 1 aliphatic rings. The van der Waals surface area contributed by atoms with E-state index >= 15 is 0 Å². The van der Waals surface area contributed by atoms with E-state index in [9.17, 15) is 10.1 Å². The van der Waals surface area contributed by atoms with Gasteiger partial charge < -0.3 is 9.47 Å². The number of hydrogen-bond donors (Lipinski definition) is 1. The average molecular weight is 300 g/mol. The van der Waals surface area contributed by atoms with E-state index in [0.717, 1.165) is 16.9 Å². The number of nitro benzene ring substituents is 1. The summed E-state index contributed by atoms with van der Waals surface area (Å²) in [5.74, 6) is 0.768. The minimum Gasteiger partial charge on any atom is -0.496 e. The quantitative estimate of drug-likeness (QED) is 0.694. The molecule has 2 aromatic carbocycles. The van der Waals surface area contributed by atoms with Gasteiger partial charge in [-0.3, -0.25) is 15.4 Å². The molecule has 6 nitrogen and oxygen atoms in total. The Kier molecular flexibility index (Phi) is 4.04. The molecule has 3 rings (SSSR count). The van der Waals surface area contributed by atoms with Gasteiger partial charge in [0.2, 0.25) is 0 Å². The Bertz CT molecular complexity index is 672. The first kappa shape index (κ1) is 14.5. The summed E-state index contributed by atoms with van der Waals surface area (Å²) in [4.78, 5) is 10.3. The molecule has 0 aliphatic carbocycles. The van der Waals surface area contributed by atoms with Crippen LogP contribution in [-0.4, -0.2) is 18.6 Å². The third-order valence-electron chi connectivity index (χ3n) is 3.69. The van der Waals surface area contributed by atoms with E-state index in [4.69, 9.17) is 9.47 Å². The van der Waals surface area contributed by atoms with E-state index < -0.39 is 4.92 Å². The van der Waals surface area contributed by atoms with Crippen LogP contribution in [0.3, 0.4) is 0 Å². The molecule has 0 bridgehead atoms. The van der Waals surface area contributed by atoms with E-state index in [1.165, 1.54) is 12.1 Å². The van der Waals surface area contributed by atoms with E-state index in [1.54, 1.807) is 19.2 Å². The largest absolute Gasteiger partial charge is 0.496 e. The highest BCUT2D eigenvalue weighted by molar-refractivity contribution is 5.37. The van der Waals surface area contributed by atoms with Crippen LogP contribution in [0, 0.1) is 10.1 Å². The molecule has 0 spiro atoms. The Hall–Kier alpha value is -2.44. The Labute approximate surface area is 127 Å². The highest BCUT2D eigenvalue weighted by Gasteiger charge is 2.29. The molecular formula is C16H16N2O4. The van der Waals surface area contributed by atoms with Crippen LogP contribution in [0.1, 0.15) is 23.5 Å². The van der Waals surface area contributed by atoms with Gasteiger partial charge >= 0.3 is 0 Å². The highest BCUT2D eigenvalue weighted by Crippen LogP contribution is 2.34. The van der Waals surface area contributed by atoms with Crippen molar-refractivity contribution in [2.75, 3.05) is 13.7 Å². The zero-order valence-electron chi connectivity index (χ0n) is 12.1. The standard InChI is InChI=1S/C16H16N2O4/c1-21-14-5-3-2-4-13(14)16-17-10-15(22-16)11-6-8-12(9-7-11)18(19)20/h2-9,15-17H,10H2,1H3/t15-,16+/m1/s1. The number of nitrogens with zero attached hydrogens (tertiary/aromatic N) is 1. The summed E-state index contributed by atoms with van der Waals surface area (Å²) in [5.41, 5.74) is 1.93. The summed E-state index contributed by atoms with van der Waals surface area (Å²) in [7, 11) is 1.63. The Morgan fingerprint density at radius 1 is 1.23 bits per heavy atom. The number of rotatable bonds is 4. The van der Waals surface area contributed by atoms with Crippen LogP contribution in [0.25, 0.3) is 0 Å². The molecule has 2 atom stereocenters. The number of para-hydroxylation sites is 1. The molecule has 1 heterocycles. The van der Waals surface area contributed by atoms with Gasteiger partial charge in [0.15, 0.2) is 0 Å². The second kappa shape index (κ2) is 6.13. The summed E-state index contributed by atoms with van der Waals surface area (Å²) in [6, 6.07) is 14.1. The first-order valence-corrected chi connectivity index (χ1v) is 6.95. The monoisotopic (exact) mass is 300 g/mol. The number of methoxy groups -OCH3 is 1. The van der Waals surface area contributed by atoms with Crippen LogP contribution in [0.15, 0.2) is 48.5 Å². The fourth-order valence-corrected chi connectivity index (χ4v) is 2.55. The first-order chi connectivity index (χ1) is 10.7. The van der Waals surface area contributed by atoms with E-state index in [1.807, 2.05) is 24.3 Å². The van der Waals surface area contributed by atoms with Crippen LogP contribution >= 0.6 is 0 Å². The number of benzene rings is 2. The number of nitro groups is 1. The third kappa shape index (κ3) is 2.79. The van der Waals surface area contributed by atoms with Crippen LogP contribution in [0.2, 0.25) is 0 Å². The SMILES string of the molecule is COc1ccccc1[C@H]1NC[C@H](c2ccc([N+](=O)[O-])cc2)O1. The molecule has 6 heteroatoms. The zero-order valence-corrected chi connectivity index (χ0v) is 12.1. The predicted octanol–water partition coefficient (Wildman–Crippen LogP) is 2.96. The lowest BCUT2D eigenvalue weighted by Gasteiger charge is -2.16. The summed E-state index contributed by atoms with van der Waals surface area (Å²) in [6.07, 6.45) is -0.396. The first-order valence-electron chi connectivity index (χ1n) is 6.95. The van der Waals surface area contributed by atoms with Gasteiger partial charge in [0, 0.05) is 24.2 Å². The van der Waals surface area contributed by atoms with Crippen molar-refractivity contribution in [3.8, 4) is 5.75 Å². The van der Waals surface area contributed by atoms with Crippen molar-refractivity contribution in [2.45, 2.75) is 12.3 Å². The molecule has 1 fully saturated rings. The predicted molar refractivity (Wildman–Crippen MR) is 80.7 cm³/mol. The third-order valence-corrected chi connectivity index (χ3v) is 3.69. The molecule has 0 radical (unpaired) electrons. The smallest absolute Gasteiger partial charge is 0.269 e. The van der Waals surface area contributed by atoms with E-state index in [0.29, 0.717) is 6.54 Å². The maximum atomic E-state index is 10.7. The zero-order chi connectivity index (χ0) is 15.5. The summed E-state index contributed by atoms with van der Waals surface area (Å²) in [6.45, 7) is 0.639. The van der Waals surface area contributed by atoms with Crippen molar-refractivity contribution >= 4 is 5.69 Å². The van der Waals surface area contributed by atoms with Crippen molar-refractivity contribution in [1.29, 1.82) is 0 Å². The maximum absolute atomic E-state index is 10.7. The minimum atomic E-state index is -0.408. The number of hydrogen-bond acceptors (Lipinski definition) is 5. The molecule has 0 amide bonds. The Balaban J connectivity index is 1.76. The van der Waals surface area contributed by atoms with Crippen LogP contribution in [0.4, 0.5) is 5.69 Å². The molecule has 1 N–H and O–H groups in total.